The van der Waals surface area contributed by atoms with E-state index in [9.17, 15) is 18.4 Å². The Morgan fingerprint density at radius 1 is 1.00 bits per heavy atom. The van der Waals surface area contributed by atoms with E-state index in [1.54, 1.807) is 18.2 Å². The molecule has 0 saturated carbocycles. The summed E-state index contributed by atoms with van der Waals surface area (Å²) in [6.45, 7) is 0. The molecule has 0 fully saturated rings. The van der Waals surface area contributed by atoms with Crippen molar-refractivity contribution in [3.05, 3.63) is 64.7 Å². The van der Waals surface area contributed by atoms with Gasteiger partial charge in [-0.25, -0.2) is 8.78 Å². The molecular formula is C18H15F2NO2. The average molecular weight is 315 g/mol. The molecule has 5 heteroatoms. The number of rotatable bonds is 2. The Bertz CT molecular complexity index is 766. The van der Waals surface area contributed by atoms with Gasteiger partial charge in [-0.2, -0.15) is 0 Å². The second kappa shape index (κ2) is 6.28. The number of halogens is 2. The lowest BCUT2D eigenvalue weighted by molar-refractivity contribution is 0.0980. The van der Waals surface area contributed by atoms with Crippen LogP contribution in [0.15, 0.2) is 36.4 Å². The predicted molar refractivity (Wildman–Crippen MR) is 82.6 cm³/mol. The van der Waals surface area contributed by atoms with Crippen molar-refractivity contribution in [2.45, 2.75) is 25.7 Å². The zero-order chi connectivity index (χ0) is 16.4. The van der Waals surface area contributed by atoms with Crippen LogP contribution in [0.4, 0.5) is 14.5 Å². The van der Waals surface area contributed by atoms with Crippen LogP contribution >= 0.6 is 0 Å². The number of amides is 1. The first-order valence-electron chi connectivity index (χ1n) is 7.48. The van der Waals surface area contributed by atoms with Crippen molar-refractivity contribution in [3.63, 3.8) is 0 Å². The molecule has 23 heavy (non-hydrogen) atoms. The number of ketones is 1. The Kier molecular flexibility index (Phi) is 4.19. The van der Waals surface area contributed by atoms with Crippen molar-refractivity contribution in [2.24, 2.45) is 0 Å². The van der Waals surface area contributed by atoms with Gasteiger partial charge in [-0.05, 0) is 55.2 Å². The van der Waals surface area contributed by atoms with Crippen molar-refractivity contribution in [2.75, 3.05) is 5.32 Å². The number of aryl methyl sites for hydroxylation is 1. The van der Waals surface area contributed by atoms with Crippen LogP contribution in [0.5, 0.6) is 0 Å². The zero-order valence-corrected chi connectivity index (χ0v) is 12.4. The monoisotopic (exact) mass is 315 g/mol. The minimum Gasteiger partial charge on any atom is -0.322 e. The quantitative estimate of drug-likeness (QED) is 0.847. The number of fused-ring (bicyclic) bond motifs is 1. The fraction of sp³-hybridized carbons (Fsp3) is 0.222. The molecule has 0 unspecified atom stereocenters. The van der Waals surface area contributed by atoms with Gasteiger partial charge in [0, 0.05) is 17.7 Å². The SMILES string of the molecule is O=C1CCCCc2cc(NC(=O)c3c(F)cccc3F)ccc21. The Morgan fingerprint density at radius 2 is 1.70 bits per heavy atom. The van der Waals surface area contributed by atoms with Crippen LogP contribution < -0.4 is 5.32 Å². The maximum atomic E-state index is 13.6. The van der Waals surface area contributed by atoms with Crippen LogP contribution in [0.25, 0.3) is 0 Å². The number of hydrogen-bond donors (Lipinski definition) is 1. The second-order valence-electron chi connectivity index (χ2n) is 5.55. The van der Waals surface area contributed by atoms with Gasteiger partial charge in [0.1, 0.15) is 17.2 Å². The summed E-state index contributed by atoms with van der Waals surface area (Å²) in [6, 6.07) is 8.22. The van der Waals surface area contributed by atoms with Gasteiger partial charge in [-0.15, -0.1) is 0 Å². The summed E-state index contributed by atoms with van der Waals surface area (Å²) >= 11 is 0. The fourth-order valence-corrected chi connectivity index (χ4v) is 2.79. The molecule has 2 aromatic rings. The maximum absolute atomic E-state index is 13.6. The molecular weight excluding hydrogens is 300 g/mol. The Labute approximate surface area is 132 Å². The fourth-order valence-electron chi connectivity index (χ4n) is 2.79. The second-order valence-corrected chi connectivity index (χ2v) is 5.55. The summed E-state index contributed by atoms with van der Waals surface area (Å²) in [4.78, 5) is 24.1. The van der Waals surface area contributed by atoms with Crippen molar-refractivity contribution in [1.82, 2.24) is 0 Å². The third-order valence-corrected chi connectivity index (χ3v) is 3.95. The number of anilines is 1. The molecule has 0 radical (unpaired) electrons. The molecule has 0 saturated heterocycles. The van der Waals surface area contributed by atoms with Crippen LogP contribution in [0.1, 0.15) is 45.5 Å². The highest BCUT2D eigenvalue weighted by Gasteiger charge is 2.19. The summed E-state index contributed by atoms with van der Waals surface area (Å²) in [5, 5.41) is 2.49. The van der Waals surface area contributed by atoms with Crippen molar-refractivity contribution in [3.8, 4) is 0 Å². The number of nitrogens with one attached hydrogen (secondary N) is 1. The molecule has 1 N–H and O–H groups in total. The van der Waals surface area contributed by atoms with E-state index >= 15 is 0 Å². The first-order valence-corrected chi connectivity index (χ1v) is 7.48. The molecule has 1 aliphatic rings. The third-order valence-electron chi connectivity index (χ3n) is 3.95. The molecule has 2 aromatic carbocycles. The Morgan fingerprint density at radius 3 is 2.43 bits per heavy atom. The summed E-state index contributed by atoms with van der Waals surface area (Å²) in [7, 11) is 0. The molecule has 0 aliphatic heterocycles. The van der Waals surface area contributed by atoms with Crippen LogP contribution in [0.2, 0.25) is 0 Å². The van der Waals surface area contributed by atoms with Crippen molar-refractivity contribution >= 4 is 17.4 Å². The smallest absolute Gasteiger partial charge is 0.261 e. The molecule has 3 rings (SSSR count). The van der Waals surface area contributed by atoms with Crippen molar-refractivity contribution < 1.29 is 18.4 Å². The largest absolute Gasteiger partial charge is 0.322 e. The van der Waals surface area contributed by atoms with E-state index < -0.39 is 23.1 Å². The van der Waals surface area contributed by atoms with Crippen LogP contribution in [0, 0.1) is 11.6 Å². The number of Topliss-reactive ketones (excluding diaryl/α,β-unsaturated/α-hetero) is 1. The standard InChI is InChI=1S/C18H15F2NO2/c19-14-5-3-6-15(20)17(14)18(23)21-12-8-9-13-11(10-12)4-1-2-7-16(13)22/h3,5-6,8-10H,1-2,4,7H2,(H,21,23). The van der Waals surface area contributed by atoms with Crippen LogP contribution in [-0.4, -0.2) is 11.7 Å². The van der Waals surface area contributed by atoms with Gasteiger partial charge in [0.25, 0.3) is 5.91 Å². The van der Waals surface area contributed by atoms with E-state index in [0.29, 0.717) is 17.7 Å². The highest BCUT2D eigenvalue weighted by atomic mass is 19.1. The molecule has 0 aromatic heterocycles. The minimum atomic E-state index is -0.910. The first-order chi connectivity index (χ1) is 11.1. The molecule has 0 bridgehead atoms. The highest BCUT2D eigenvalue weighted by molar-refractivity contribution is 6.05. The summed E-state index contributed by atoms with van der Waals surface area (Å²) in [5.41, 5.74) is 1.33. The summed E-state index contributed by atoms with van der Waals surface area (Å²) < 4.78 is 27.3. The maximum Gasteiger partial charge on any atom is 0.261 e. The minimum absolute atomic E-state index is 0.0931. The molecule has 3 nitrogen and oxygen atoms in total. The van der Waals surface area contributed by atoms with Crippen LogP contribution in [-0.2, 0) is 6.42 Å². The molecule has 1 amide bonds. The molecule has 1 aliphatic carbocycles. The van der Waals surface area contributed by atoms with Gasteiger partial charge in [0.2, 0.25) is 0 Å². The van der Waals surface area contributed by atoms with Gasteiger partial charge in [0.15, 0.2) is 5.78 Å². The lowest BCUT2D eigenvalue weighted by atomic mass is 10.0. The van der Waals surface area contributed by atoms with E-state index in [1.165, 1.54) is 6.07 Å². The van der Waals surface area contributed by atoms with Crippen molar-refractivity contribution in [1.29, 1.82) is 0 Å². The topological polar surface area (TPSA) is 46.2 Å². The van der Waals surface area contributed by atoms with E-state index in [-0.39, 0.29) is 5.78 Å². The summed E-state index contributed by atoms with van der Waals surface area (Å²) in [6.07, 6.45) is 3.02. The van der Waals surface area contributed by atoms with Gasteiger partial charge in [0.05, 0.1) is 0 Å². The number of benzene rings is 2. The van der Waals surface area contributed by atoms with Crippen LogP contribution in [0.3, 0.4) is 0 Å². The van der Waals surface area contributed by atoms with E-state index in [0.717, 1.165) is 37.0 Å². The molecule has 0 atom stereocenters. The molecule has 0 heterocycles. The van der Waals surface area contributed by atoms with E-state index in [2.05, 4.69) is 5.32 Å². The molecule has 0 spiro atoms. The zero-order valence-electron chi connectivity index (χ0n) is 12.4. The summed E-state index contributed by atoms with van der Waals surface area (Å²) in [5.74, 6) is -2.57. The number of carbonyl (C=O) groups excluding carboxylic acids is 2. The first kappa shape index (κ1) is 15.3. The average Bonchev–Trinajstić information content (AvgIpc) is 2.69. The lowest BCUT2D eigenvalue weighted by Gasteiger charge is -2.10. The lowest BCUT2D eigenvalue weighted by Crippen LogP contribution is -2.16. The van der Waals surface area contributed by atoms with Gasteiger partial charge in [-0.1, -0.05) is 6.07 Å². The molecule has 118 valence electrons. The number of carbonyl (C=O) groups is 2. The normalized spacial score (nSPS) is 14.1. The third kappa shape index (κ3) is 3.13. The van der Waals surface area contributed by atoms with Gasteiger partial charge in [-0.3, -0.25) is 9.59 Å². The predicted octanol–water partition coefficient (Wildman–Crippen LogP) is 4.13. The Hall–Kier alpha value is -2.56. The van der Waals surface area contributed by atoms with E-state index in [4.69, 9.17) is 0 Å². The highest BCUT2D eigenvalue weighted by Crippen LogP contribution is 2.24. The number of hydrogen-bond acceptors (Lipinski definition) is 2. The van der Waals surface area contributed by atoms with Gasteiger partial charge < -0.3 is 5.32 Å². The van der Waals surface area contributed by atoms with Gasteiger partial charge >= 0.3 is 0 Å². The Balaban J connectivity index is 1.88. The van der Waals surface area contributed by atoms with E-state index in [1.807, 2.05) is 0 Å².